The highest BCUT2D eigenvalue weighted by Crippen LogP contribution is 2.18. The fourth-order valence-electron chi connectivity index (χ4n) is 3.07. The molecule has 0 aromatic carbocycles. The summed E-state index contributed by atoms with van der Waals surface area (Å²) in [5.74, 6) is 0.0460. The van der Waals surface area contributed by atoms with E-state index in [0.29, 0.717) is 45.3 Å². The van der Waals surface area contributed by atoms with E-state index in [2.05, 4.69) is 12.2 Å². The first-order valence-electron chi connectivity index (χ1n) is 10.9. The minimum Gasteiger partial charge on any atom is -0.393 e. The third-order valence-corrected chi connectivity index (χ3v) is 7.56. The Labute approximate surface area is 167 Å². The van der Waals surface area contributed by atoms with Crippen molar-refractivity contribution in [3.05, 3.63) is 0 Å². The number of rotatable bonds is 19. The minimum atomic E-state index is -2.61. The highest BCUT2D eigenvalue weighted by Gasteiger charge is 2.39. The van der Waals surface area contributed by atoms with Gasteiger partial charge in [0.2, 0.25) is 5.91 Å². The van der Waals surface area contributed by atoms with E-state index in [9.17, 15) is 9.90 Å². The van der Waals surface area contributed by atoms with Crippen LogP contribution in [0.4, 0.5) is 0 Å². The Bertz CT molecular complexity index is 340. The van der Waals surface area contributed by atoms with Crippen LogP contribution in [0.3, 0.4) is 0 Å². The number of carbonyl (C=O) groups excluding carboxylic acids is 1. The van der Waals surface area contributed by atoms with Gasteiger partial charge in [0.15, 0.2) is 0 Å². The third kappa shape index (κ3) is 14.2. The van der Waals surface area contributed by atoms with Crippen LogP contribution in [0.2, 0.25) is 6.04 Å². The van der Waals surface area contributed by atoms with Gasteiger partial charge in [0.25, 0.3) is 0 Å². The zero-order valence-electron chi connectivity index (χ0n) is 18.1. The molecule has 0 radical (unpaired) electrons. The quantitative estimate of drug-likeness (QED) is 0.250. The molecule has 0 bridgehead atoms. The summed E-state index contributed by atoms with van der Waals surface area (Å²) in [6, 6.07) is 0.708. The molecule has 1 unspecified atom stereocenters. The first-order valence-corrected chi connectivity index (χ1v) is 12.8. The van der Waals surface area contributed by atoms with Crippen molar-refractivity contribution in [3.63, 3.8) is 0 Å². The Kier molecular flexibility index (Phi) is 17.3. The zero-order chi connectivity index (χ0) is 20.4. The molecule has 2 N–H and O–H groups in total. The number of aliphatic hydroxyl groups excluding tert-OH is 1. The standard InChI is InChI=1S/C20H43NO5Si/c1-5-9-10-11-14-19(22)15-12-16-20(23)21-17-13-18-27(24-6-2,25-7-3)26-8-4/h19,22H,5-18H2,1-4H3,(H,21,23). The molecular weight excluding hydrogens is 362 g/mol. The van der Waals surface area contributed by atoms with Crippen LogP contribution in [0.1, 0.15) is 85.5 Å². The molecular formula is C20H43NO5Si. The number of amides is 1. The molecule has 0 aliphatic rings. The van der Waals surface area contributed by atoms with Gasteiger partial charge >= 0.3 is 8.80 Å². The summed E-state index contributed by atoms with van der Waals surface area (Å²) >= 11 is 0. The minimum absolute atomic E-state index is 0.0460. The molecule has 7 heteroatoms. The second kappa shape index (κ2) is 17.6. The molecule has 0 aliphatic carbocycles. The van der Waals surface area contributed by atoms with Crippen LogP contribution >= 0.6 is 0 Å². The summed E-state index contributed by atoms with van der Waals surface area (Å²) < 4.78 is 17.4. The summed E-state index contributed by atoms with van der Waals surface area (Å²) in [5, 5.41) is 12.9. The molecule has 0 saturated heterocycles. The molecule has 0 spiro atoms. The van der Waals surface area contributed by atoms with Crippen LogP contribution in [0.15, 0.2) is 0 Å². The molecule has 6 nitrogen and oxygen atoms in total. The van der Waals surface area contributed by atoms with E-state index in [4.69, 9.17) is 13.3 Å². The lowest BCUT2D eigenvalue weighted by molar-refractivity contribution is -0.121. The number of nitrogens with one attached hydrogen (secondary N) is 1. The van der Waals surface area contributed by atoms with Gasteiger partial charge in [-0.3, -0.25) is 4.79 Å². The lowest BCUT2D eigenvalue weighted by Crippen LogP contribution is -2.46. The molecule has 0 saturated carbocycles. The number of carbonyl (C=O) groups is 1. The molecule has 1 atom stereocenters. The predicted octanol–water partition coefficient (Wildman–Crippen LogP) is 4.04. The van der Waals surface area contributed by atoms with Crippen LogP contribution in [-0.2, 0) is 18.1 Å². The summed E-state index contributed by atoms with van der Waals surface area (Å²) in [6.07, 6.45) is 7.95. The van der Waals surface area contributed by atoms with E-state index >= 15 is 0 Å². The van der Waals surface area contributed by atoms with Crippen molar-refractivity contribution in [3.8, 4) is 0 Å². The normalized spacial score (nSPS) is 12.9. The maximum Gasteiger partial charge on any atom is 0.500 e. The van der Waals surface area contributed by atoms with Gasteiger partial charge in [-0.25, -0.2) is 0 Å². The van der Waals surface area contributed by atoms with Crippen molar-refractivity contribution in [2.45, 2.75) is 97.6 Å². The maximum absolute atomic E-state index is 12.0. The first kappa shape index (κ1) is 26.5. The van der Waals surface area contributed by atoms with Gasteiger partial charge in [0.1, 0.15) is 0 Å². The van der Waals surface area contributed by atoms with E-state index in [1.807, 2.05) is 20.8 Å². The van der Waals surface area contributed by atoms with Crippen LogP contribution in [-0.4, -0.2) is 52.3 Å². The number of hydrogen-bond acceptors (Lipinski definition) is 5. The van der Waals surface area contributed by atoms with Crippen molar-refractivity contribution in [1.29, 1.82) is 0 Å². The molecule has 0 aromatic heterocycles. The van der Waals surface area contributed by atoms with Crippen LogP contribution < -0.4 is 5.32 Å². The predicted molar refractivity (Wildman–Crippen MR) is 112 cm³/mol. The molecule has 162 valence electrons. The van der Waals surface area contributed by atoms with Gasteiger partial charge in [0.05, 0.1) is 6.10 Å². The Hall–Kier alpha value is -0.473. The van der Waals surface area contributed by atoms with E-state index in [1.165, 1.54) is 19.3 Å². The molecule has 1 amide bonds. The second-order valence-corrected chi connectivity index (χ2v) is 9.56. The Morgan fingerprint density at radius 1 is 0.889 bits per heavy atom. The van der Waals surface area contributed by atoms with E-state index in [0.717, 1.165) is 25.7 Å². The average molecular weight is 406 g/mol. The molecule has 0 fully saturated rings. The topological polar surface area (TPSA) is 77.0 Å². The van der Waals surface area contributed by atoms with Crippen LogP contribution in [0.5, 0.6) is 0 Å². The van der Waals surface area contributed by atoms with E-state index in [1.54, 1.807) is 0 Å². The molecule has 0 heterocycles. The Morgan fingerprint density at radius 3 is 2.04 bits per heavy atom. The SMILES string of the molecule is CCCCCCC(O)CCCC(=O)NCCC[Si](OCC)(OCC)OCC. The summed E-state index contributed by atoms with van der Waals surface area (Å²) in [6.45, 7) is 10.3. The lowest BCUT2D eigenvalue weighted by Gasteiger charge is -2.28. The smallest absolute Gasteiger partial charge is 0.393 e. The van der Waals surface area contributed by atoms with Gasteiger partial charge in [-0.2, -0.15) is 0 Å². The van der Waals surface area contributed by atoms with E-state index < -0.39 is 8.80 Å². The number of hydrogen-bond donors (Lipinski definition) is 2. The van der Waals surface area contributed by atoms with Crippen molar-refractivity contribution < 1.29 is 23.2 Å². The number of unbranched alkanes of at least 4 members (excludes halogenated alkanes) is 3. The Balaban J connectivity index is 3.91. The zero-order valence-corrected chi connectivity index (χ0v) is 19.1. The highest BCUT2D eigenvalue weighted by molar-refractivity contribution is 6.60. The summed E-state index contributed by atoms with van der Waals surface area (Å²) in [7, 11) is -2.61. The summed E-state index contributed by atoms with van der Waals surface area (Å²) in [5.41, 5.74) is 0. The molecule has 0 aromatic rings. The number of aliphatic hydroxyl groups is 1. The van der Waals surface area contributed by atoms with Crippen molar-refractivity contribution in [1.82, 2.24) is 5.32 Å². The maximum atomic E-state index is 12.0. The first-order chi connectivity index (χ1) is 13.0. The van der Waals surface area contributed by atoms with E-state index in [-0.39, 0.29) is 12.0 Å². The monoisotopic (exact) mass is 405 g/mol. The lowest BCUT2D eigenvalue weighted by atomic mass is 10.0. The Morgan fingerprint density at radius 2 is 1.48 bits per heavy atom. The third-order valence-electron chi connectivity index (χ3n) is 4.41. The van der Waals surface area contributed by atoms with Crippen LogP contribution in [0, 0.1) is 0 Å². The van der Waals surface area contributed by atoms with Gasteiger partial charge in [-0.1, -0.05) is 32.6 Å². The molecule has 27 heavy (non-hydrogen) atoms. The van der Waals surface area contributed by atoms with Gasteiger partial charge in [-0.05, 0) is 46.5 Å². The van der Waals surface area contributed by atoms with Crippen molar-refractivity contribution in [2.75, 3.05) is 26.4 Å². The average Bonchev–Trinajstić information content (AvgIpc) is 2.63. The largest absolute Gasteiger partial charge is 0.500 e. The molecule has 0 rings (SSSR count). The van der Waals surface area contributed by atoms with Crippen LogP contribution in [0.25, 0.3) is 0 Å². The van der Waals surface area contributed by atoms with Crippen molar-refractivity contribution >= 4 is 14.7 Å². The second-order valence-electron chi connectivity index (χ2n) is 6.83. The van der Waals surface area contributed by atoms with Gasteiger partial charge in [0, 0.05) is 38.8 Å². The van der Waals surface area contributed by atoms with Gasteiger partial charge in [-0.15, -0.1) is 0 Å². The fraction of sp³-hybridized carbons (Fsp3) is 0.950. The fourth-order valence-corrected chi connectivity index (χ4v) is 5.68. The highest BCUT2D eigenvalue weighted by atomic mass is 28.4. The van der Waals surface area contributed by atoms with Crippen molar-refractivity contribution in [2.24, 2.45) is 0 Å². The van der Waals surface area contributed by atoms with Gasteiger partial charge < -0.3 is 23.7 Å². The summed E-state index contributed by atoms with van der Waals surface area (Å²) in [4.78, 5) is 12.0. The molecule has 0 aliphatic heterocycles.